The predicted molar refractivity (Wildman–Crippen MR) is 242 cm³/mol. The summed E-state index contributed by atoms with van der Waals surface area (Å²) in [6.45, 7) is 8.73. The Kier molecular flexibility index (Phi) is 15.3. The molecule has 3 N–H and O–H groups in total. The molecule has 4 aromatic rings. The molecule has 11 heteroatoms. The molecule has 0 spiro atoms. The SMILES string of the molecule is C[C@@H](O[Si](c1ccccc1)(c1ccccc1)C(C)(C)C)C(=O)CC=CCC[C@@H]1NC(=O)[C@H]2CCCCN2C(=O)[C@H](Cc2ccccc2)NC(=O)[C@H](Cc2ccccc2)NC1=O. The molecule has 2 heterocycles. The number of amides is 4. The standard InChI is InChI=1S/C50H60N4O6Si/c1-36(60-61(50(2,3)4,39-26-14-7-15-27-39)40-28-16-8-17-29-40)45(55)32-19-9-18-30-41-46(56)52-42(34-37-22-10-5-11-23-37)47(57)53-43(35-38-24-12-6-13-25-38)49(59)54-33-21-20-31-44(54)48(58)51-41/h5-17,19,22-29,36,41-44H,18,20-21,30-35H2,1-4H3,(H,51,58)(H,52,56)(H,53,57)/t36-,41+,42+,43+,44-/m1/s1. The van der Waals surface area contributed by atoms with Gasteiger partial charge in [0, 0.05) is 25.8 Å². The molecule has 0 radical (unpaired) electrons. The molecule has 61 heavy (non-hydrogen) atoms. The van der Waals surface area contributed by atoms with Crippen LogP contribution in [0.25, 0.3) is 0 Å². The van der Waals surface area contributed by atoms with Gasteiger partial charge in [-0.1, -0.05) is 154 Å². The van der Waals surface area contributed by atoms with E-state index in [-0.39, 0.29) is 42.4 Å². The molecule has 4 amide bonds. The van der Waals surface area contributed by atoms with Gasteiger partial charge in [-0.2, -0.15) is 0 Å². The maximum Gasteiger partial charge on any atom is 0.262 e. The molecular formula is C50H60N4O6Si. The minimum absolute atomic E-state index is 0.0660. The van der Waals surface area contributed by atoms with Gasteiger partial charge in [0.15, 0.2) is 5.78 Å². The van der Waals surface area contributed by atoms with E-state index >= 15 is 0 Å². The van der Waals surface area contributed by atoms with Crippen molar-refractivity contribution in [3.8, 4) is 0 Å². The number of allylic oxidation sites excluding steroid dienone is 2. The zero-order valence-corrected chi connectivity index (χ0v) is 36.8. The van der Waals surface area contributed by atoms with Crippen molar-refractivity contribution < 1.29 is 28.4 Å². The number of benzene rings is 4. The number of carbonyl (C=O) groups is 5. The van der Waals surface area contributed by atoms with Crippen LogP contribution in [0.4, 0.5) is 0 Å². The van der Waals surface area contributed by atoms with E-state index in [0.717, 1.165) is 34.3 Å². The highest BCUT2D eigenvalue weighted by Gasteiger charge is 2.51. The van der Waals surface area contributed by atoms with Crippen molar-refractivity contribution in [3.05, 3.63) is 145 Å². The number of rotatable bonds is 14. The van der Waals surface area contributed by atoms with Crippen molar-refractivity contribution in [1.82, 2.24) is 20.9 Å². The van der Waals surface area contributed by atoms with Gasteiger partial charge in [-0.3, -0.25) is 24.0 Å². The van der Waals surface area contributed by atoms with Crippen molar-refractivity contribution in [1.29, 1.82) is 0 Å². The monoisotopic (exact) mass is 840 g/mol. The Morgan fingerprint density at radius 1 is 0.689 bits per heavy atom. The van der Waals surface area contributed by atoms with Crippen LogP contribution < -0.4 is 26.3 Å². The van der Waals surface area contributed by atoms with E-state index in [2.05, 4.69) is 61.0 Å². The average Bonchev–Trinajstić information content (AvgIpc) is 3.27. The van der Waals surface area contributed by atoms with Gasteiger partial charge in [0.25, 0.3) is 8.32 Å². The summed E-state index contributed by atoms with van der Waals surface area (Å²) < 4.78 is 7.02. The fourth-order valence-corrected chi connectivity index (χ4v) is 13.3. The number of piperidine rings is 1. The van der Waals surface area contributed by atoms with Gasteiger partial charge in [-0.05, 0) is 65.6 Å². The molecule has 4 aromatic carbocycles. The molecular weight excluding hydrogens is 781 g/mol. The van der Waals surface area contributed by atoms with E-state index < -0.39 is 56.3 Å². The quantitative estimate of drug-likeness (QED) is 0.112. The Balaban J connectivity index is 1.18. The first kappa shape index (κ1) is 44.9. The highest BCUT2D eigenvalue weighted by atomic mass is 28.4. The minimum atomic E-state index is -2.95. The Hall–Kier alpha value is -5.65. The maximum absolute atomic E-state index is 14.3. The second-order valence-corrected chi connectivity index (χ2v) is 21.5. The fraction of sp³-hybridized carbons (Fsp3) is 0.380. The smallest absolute Gasteiger partial charge is 0.262 e. The molecule has 10 nitrogen and oxygen atoms in total. The topological polar surface area (TPSA) is 134 Å². The zero-order chi connectivity index (χ0) is 43.4. The highest BCUT2D eigenvalue weighted by molar-refractivity contribution is 6.99. The van der Waals surface area contributed by atoms with Gasteiger partial charge in [0.2, 0.25) is 23.6 Å². The third-order valence-electron chi connectivity index (χ3n) is 11.9. The summed E-state index contributed by atoms with van der Waals surface area (Å²) in [6, 6.07) is 35.5. The van der Waals surface area contributed by atoms with Gasteiger partial charge < -0.3 is 25.3 Å². The van der Waals surface area contributed by atoms with Crippen molar-refractivity contribution in [3.63, 3.8) is 0 Å². The lowest BCUT2D eigenvalue weighted by molar-refractivity contribution is -0.146. The number of ketones is 1. The van der Waals surface area contributed by atoms with Crippen LogP contribution >= 0.6 is 0 Å². The molecule has 0 aromatic heterocycles. The van der Waals surface area contributed by atoms with E-state index in [1.165, 1.54) is 0 Å². The Bertz CT molecular complexity index is 2090. The number of nitrogens with one attached hydrogen (secondary N) is 3. The minimum Gasteiger partial charge on any atom is -0.398 e. The number of carbonyl (C=O) groups excluding carboxylic acids is 5. The molecule has 6 rings (SSSR count). The van der Waals surface area contributed by atoms with Crippen LogP contribution in [0.5, 0.6) is 0 Å². The lowest BCUT2D eigenvalue weighted by Crippen LogP contribution is -2.68. The van der Waals surface area contributed by atoms with Crippen LogP contribution in [0.1, 0.15) is 77.3 Å². The molecule has 2 saturated heterocycles. The maximum atomic E-state index is 14.3. The zero-order valence-electron chi connectivity index (χ0n) is 35.8. The largest absolute Gasteiger partial charge is 0.398 e. The highest BCUT2D eigenvalue weighted by Crippen LogP contribution is 2.37. The van der Waals surface area contributed by atoms with Crippen LogP contribution in [-0.4, -0.2) is 79.4 Å². The summed E-state index contributed by atoms with van der Waals surface area (Å²) in [6.07, 6.45) is 6.03. The molecule has 320 valence electrons. The Morgan fingerprint density at radius 3 is 1.74 bits per heavy atom. The summed E-state index contributed by atoms with van der Waals surface area (Å²) in [5.41, 5.74) is 1.70. The fourth-order valence-electron chi connectivity index (χ4n) is 8.63. The molecule has 2 aliphatic heterocycles. The molecule has 2 aliphatic rings. The normalized spacial score (nSPS) is 21.0. The summed E-state index contributed by atoms with van der Waals surface area (Å²) in [4.78, 5) is 72.0. The van der Waals surface area contributed by atoms with Gasteiger partial charge >= 0.3 is 0 Å². The predicted octanol–water partition coefficient (Wildman–Crippen LogP) is 5.58. The number of hydrogen-bond donors (Lipinski definition) is 3. The summed E-state index contributed by atoms with van der Waals surface area (Å²) in [5, 5.41) is 10.8. The van der Waals surface area contributed by atoms with Crippen LogP contribution in [-0.2, 0) is 41.2 Å². The van der Waals surface area contributed by atoms with Crippen molar-refractivity contribution in [2.24, 2.45) is 0 Å². The van der Waals surface area contributed by atoms with E-state index in [4.69, 9.17) is 4.43 Å². The molecule has 0 aliphatic carbocycles. The number of fused-ring (bicyclic) bond motifs is 1. The number of nitrogens with zero attached hydrogens (tertiary/aromatic N) is 1. The summed E-state index contributed by atoms with van der Waals surface area (Å²) in [5.74, 6) is -1.75. The molecule has 0 bridgehead atoms. The first-order valence-corrected chi connectivity index (χ1v) is 23.5. The third kappa shape index (κ3) is 11.2. The Morgan fingerprint density at radius 2 is 1.18 bits per heavy atom. The van der Waals surface area contributed by atoms with Gasteiger partial charge in [-0.25, -0.2) is 0 Å². The number of hydrogen-bond acceptors (Lipinski definition) is 6. The molecule has 0 saturated carbocycles. The second kappa shape index (κ2) is 20.7. The van der Waals surface area contributed by atoms with Gasteiger partial charge in [0.1, 0.15) is 30.3 Å². The van der Waals surface area contributed by atoms with Crippen LogP contribution in [0, 0.1) is 0 Å². The van der Waals surface area contributed by atoms with E-state index in [9.17, 15) is 24.0 Å². The van der Waals surface area contributed by atoms with Crippen LogP contribution in [0.15, 0.2) is 133 Å². The van der Waals surface area contributed by atoms with Crippen molar-refractivity contribution >= 4 is 48.1 Å². The molecule has 0 unspecified atom stereocenters. The first-order valence-electron chi connectivity index (χ1n) is 21.6. The van der Waals surface area contributed by atoms with Crippen LogP contribution in [0.2, 0.25) is 5.04 Å². The molecule has 2 fully saturated rings. The summed E-state index contributed by atoms with van der Waals surface area (Å²) >= 11 is 0. The number of Topliss-reactive ketones (excluding diaryl/α,β-unsaturated/α-hetero) is 1. The van der Waals surface area contributed by atoms with Crippen LogP contribution in [0.3, 0.4) is 0 Å². The van der Waals surface area contributed by atoms with E-state index in [0.29, 0.717) is 19.4 Å². The average molecular weight is 841 g/mol. The third-order valence-corrected chi connectivity index (χ3v) is 17.0. The Labute approximate surface area is 361 Å². The summed E-state index contributed by atoms with van der Waals surface area (Å²) in [7, 11) is -2.95. The lowest BCUT2D eigenvalue weighted by Gasteiger charge is -2.44. The van der Waals surface area contributed by atoms with Crippen molar-refractivity contribution in [2.75, 3.05) is 6.54 Å². The van der Waals surface area contributed by atoms with E-state index in [1.54, 1.807) is 11.0 Å². The van der Waals surface area contributed by atoms with Crippen molar-refractivity contribution in [2.45, 2.75) is 114 Å². The first-order chi connectivity index (χ1) is 29.4. The lowest BCUT2D eigenvalue weighted by atomic mass is 9.96. The second-order valence-electron chi connectivity index (χ2n) is 17.2. The van der Waals surface area contributed by atoms with Gasteiger partial charge in [0.05, 0.1) is 0 Å². The van der Waals surface area contributed by atoms with Gasteiger partial charge in [-0.15, -0.1) is 0 Å². The molecule has 5 atom stereocenters. The van der Waals surface area contributed by atoms with E-state index in [1.807, 2.05) is 110 Å².